The molecule has 0 aliphatic rings. The van der Waals surface area contributed by atoms with E-state index in [-0.39, 0.29) is 6.42 Å². The van der Waals surface area contributed by atoms with E-state index < -0.39 is 6.10 Å². The van der Waals surface area contributed by atoms with Gasteiger partial charge in [0.25, 0.3) is 0 Å². The molecule has 1 atom stereocenters. The van der Waals surface area contributed by atoms with Crippen LogP contribution in [0.25, 0.3) is 0 Å². The third-order valence-corrected chi connectivity index (χ3v) is 3.89. The highest BCUT2D eigenvalue weighted by Crippen LogP contribution is 2.30. The van der Waals surface area contributed by atoms with Crippen LogP contribution in [0.2, 0.25) is 4.34 Å². The molecule has 0 aliphatic heterocycles. The van der Waals surface area contributed by atoms with Gasteiger partial charge in [-0.15, -0.1) is 23.1 Å². The predicted molar refractivity (Wildman–Crippen MR) is 56.3 cm³/mol. The summed E-state index contributed by atoms with van der Waals surface area (Å²) in [5.74, 6) is 0.546. The Morgan fingerprint density at radius 2 is 2.46 bits per heavy atom. The Labute approximate surface area is 90.1 Å². The van der Waals surface area contributed by atoms with Crippen LogP contribution in [0.15, 0.2) is 16.3 Å². The van der Waals surface area contributed by atoms with Crippen molar-refractivity contribution in [3.05, 3.63) is 16.5 Å². The Hall–Kier alpha value is -0.210. The van der Waals surface area contributed by atoms with Gasteiger partial charge in [0.1, 0.15) is 0 Å². The average molecular weight is 234 g/mol. The molecular formula is C8H8ClNOS2. The number of halogens is 1. The predicted octanol–water partition coefficient (Wildman–Crippen LogP) is 2.77. The molecule has 0 fully saturated rings. The number of hydrogen-bond donors (Lipinski definition) is 1. The van der Waals surface area contributed by atoms with Gasteiger partial charge >= 0.3 is 0 Å². The van der Waals surface area contributed by atoms with Crippen LogP contribution >= 0.6 is 34.7 Å². The van der Waals surface area contributed by atoms with E-state index in [0.29, 0.717) is 5.75 Å². The van der Waals surface area contributed by atoms with Gasteiger partial charge in [0.15, 0.2) is 0 Å². The minimum Gasteiger partial charge on any atom is -0.391 e. The quantitative estimate of drug-likeness (QED) is 0.814. The Kier molecular flexibility index (Phi) is 4.60. The van der Waals surface area contributed by atoms with Crippen molar-refractivity contribution in [3.63, 3.8) is 0 Å². The second kappa shape index (κ2) is 5.51. The molecule has 5 heteroatoms. The summed E-state index contributed by atoms with van der Waals surface area (Å²) in [4.78, 5) is 0. The maximum atomic E-state index is 9.25. The molecule has 1 aromatic rings. The fourth-order valence-electron chi connectivity index (χ4n) is 0.718. The summed E-state index contributed by atoms with van der Waals surface area (Å²) in [6.45, 7) is 0. The topological polar surface area (TPSA) is 44.0 Å². The van der Waals surface area contributed by atoms with Crippen molar-refractivity contribution in [2.75, 3.05) is 5.75 Å². The van der Waals surface area contributed by atoms with Gasteiger partial charge in [-0.2, -0.15) is 5.26 Å². The van der Waals surface area contributed by atoms with Gasteiger partial charge in [-0.25, -0.2) is 0 Å². The fourth-order valence-corrected chi connectivity index (χ4v) is 2.98. The second-order valence-electron chi connectivity index (χ2n) is 2.39. The van der Waals surface area contributed by atoms with E-state index in [4.69, 9.17) is 16.9 Å². The average Bonchev–Trinajstić information content (AvgIpc) is 2.49. The van der Waals surface area contributed by atoms with Crippen molar-refractivity contribution in [2.24, 2.45) is 0 Å². The van der Waals surface area contributed by atoms with E-state index in [0.717, 1.165) is 8.55 Å². The maximum absolute atomic E-state index is 9.25. The lowest BCUT2D eigenvalue weighted by Gasteiger charge is -2.02. The lowest BCUT2D eigenvalue weighted by molar-refractivity contribution is 0.205. The molecule has 0 radical (unpaired) electrons. The summed E-state index contributed by atoms with van der Waals surface area (Å²) >= 11 is 8.73. The SMILES string of the molecule is N#CCC(O)CSc1ccc(Cl)s1. The fraction of sp³-hybridized carbons (Fsp3) is 0.375. The number of nitriles is 1. The third kappa shape index (κ3) is 4.01. The highest BCUT2D eigenvalue weighted by Gasteiger charge is 2.05. The zero-order valence-corrected chi connectivity index (χ0v) is 9.12. The van der Waals surface area contributed by atoms with E-state index >= 15 is 0 Å². The van der Waals surface area contributed by atoms with Gasteiger partial charge in [0.05, 0.1) is 27.1 Å². The minimum absolute atomic E-state index is 0.187. The van der Waals surface area contributed by atoms with Gasteiger partial charge < -0.3 is 5.11 Å². The van der Waals surface area contributed by atoms with Crippen LogP contribution in [0.4, 0.5) is 0 Å². The number of hydrogen-bond acceptors (Lipinski definition) is 4. The van der Waals surface area contributed by atoms with Crippen LogP contribution in [-0.2, 0) is 0 Å². The molecular weight excluding hydrogens is 226 g/mol. The molecule has 0 aromatic carbocycles. The van der Waals surface area contributed by atoms with Crippen molar-refractivity contribution < 1.29 is 5.11 Å². The van der Waals surface area contributed by atoms with E-state index in [2.05, 4.69) is 0 Å². The zero-order chi connectivity index (χ0) is 9.68. The summed E-state index contributed by atoms with van der Waals surface area (Å²) < 4.78 is 1.82. The standard InChI is InChI=1S/C8H8ClNOS2/c9-7-1-2-8(13-7)12-5-6(11)3-4-10/h1-2,6,11H,3,5H2. The summed E-state index contributed by atoms with van der Waals surface area (Å²) in [5.41, 5.74) is 0. The van der Waals surface area contributed by atoms with E-state index in [1.165, 1.54) is 23.1 Å². The van der Waals surface area contributed by atoms with Crippen LogP contribution in [0.3, 0.4) is 0 Å². The van der Waals surface area contributed by atoms with Gasteiger partial charge in [0.2, 0.25) is 0 Å². The first-order valence-corrected chi connectivity index (χ1v) is 5.83. The van der Waals surface area contributed by atoms with Crippen LogP contribution < -0.4 is 0 Å². The highest BCUT2D eigenvalue weighted by molar-refractivity contribution is 8.01. The molecule has 0 saturated heterocycles. The largest absolute Gasteiger partial charge is 0.391 e. The molecule has 0 bridgehead atoms. The Morgan fingerprint density at radius 1 is 1.69 bits per heavy atom. The Morgan fingerprint density at radius 3 is 3.00 bits per heavy atom. The van der Waals surface area contributed by atoms with Crippen LogP contribution in [0.5, 0.6) is 0 Å². The molecule has 0 aliphatic carbocycles. The first kappa shape index (κ1) is 10.9. The van der Waals surface area contributed by atoms with Gasteiger partial charge in [0, 0.05) is 5.75 Å². The number of thiophene rings is 1. The summed E-state index contributed by atoms with van der Waals surface area (Å²) in [7, 11) is 0. The normalized spacial score (nSPS) is 12.4. The summed E-state index contributed by atoms with van der Waals surface area (Å²) in [6, 6.07) is 5.66. The molecule has 0 amide bonds. The number of aliphatic hydroxyl groups excluding tert-OH is 1. The second-order valence-corrected chi connectivity index (χ2v) is 5.42. The first-order chi connectivity index (χ1) is 6.22. The maximum Gasteiger partial charge on any atom is 0.0940 e. The number of nitrogens with zero attached hydrogens (tertiary/aromatic N) is 1. The van der Waals surface area contributed by atoms with E-state index in [1.54, 1.807) is 0 Å². The molecule has 1 N–H and O–H groups in total. The molecule has 2 nitrogen and oxygen atoms in total. The van der Waals surface area contributed by atoms with Crippen LogP contribution in [0.1, 0.15) is 6.42 Å². The van der Waals surface area contributed by atoms with E-state index in [1.807, 2.05) is 18.2 Å². The van der Waals surface area contributed by atoms with Gasteiger partial charge in [-0.05, 0) is 12.1 Å². The monoisotopic (exact) mass is 233 g/mol. The molecule has 0 spiro atoms. The van der Waals surface area contributed by atoms with Gasteiger partial charge in [-0.1, -0.05) is 11.6 Å². The number of aliphatic hydroxyl groups is 1. The lowest BCUT2D eigenvalue weighted by atomic mass is 10.3. The highest BCUT2D eigenvalue weighted by atomic mass is 35.5. The lowest BCUT2D eigenvalue weighted by Crippen LogP contribution is -2.07. The van der Waals surface area contributed by atoms with Crippen LogP contribution in [0, 0.1) is 11.3 Å². The van der Waals surface area contributed by atoms with Crippen LogP contribution in [-0.4, -0.2) is 17.0 Å². The Balaban J connectivity index is 2.31. The molecule has 1 unspecified atom stereocenters. The van der Waals surface area contributed by atoms with Crippen molar-refractivity contribution in [2.45, 2.75) is 16.7 Å². The van der Waals surface area contributed by atoms with Crippen molar-refractivity contribution >= 4 is 34.7 Å². The molecule has 1 heterocycles. The Bertz CT molecular complexity index is 307. The van der Waals surface area contributed by atoms with E-state index in [9.17, 15) is 5.11 Å². The minimum atomic E-state index is -0.545. The molecule has 1 rings (SSSR count). The molecule has 70 valence electrons. The number of rotatable bonds is 4. The molecule has 1 aromatic heterocycles. The number of thioether (sulfide) groups is 1. The smallest absolute Gasteiger partial charge is 0.0940 e. The zero-order valence-electron chi connectivity index (χ0n) is 6.74. The van der Waals surface area contributed by atoms with Crippen molar-refractivity contribution in [1.29, 1.82) is 5.26 Å². The van der Waals surface area contributed by atoms with Gasteiger partial charge in [-0.3, -0.25) is 0 Å². The first-order valence-electron chi connectivity index (χ1n) is 3.65. The molecule has 0 saturated carbocycles. The third-order valence-electron chi connectivity index (χ3n) is 1.29. The summed E-state index contributed by atoms with van der Waals surface area (Å²) in [5, 5.41) is 17.5. The molecule has 13 heavy (non-hydrogen) atoms. The van der Waals surface area contributed by atoms with Crippen molar-refractivity contribution in [1.82, 2.24) is 0 Å². The summed E-state index contributed by atoms with van der Waals surface area (Å²) in [6.07, 6.45) is -0.359. The van der Waals surface area contributed by atoms with Crippen molar-refractivity contribution in [3.8, 4) is 6.07 Å².